The molecule has 76 valence electrons. The van der Waals surface area contributed by atoms with Crippen LogP contribution in [0.25, 0.3) is 0 Å². The van der Waals surface area contributed by atoms with Gasteiger partial charge in [0.05, 0.1) is 0 Å². The van der Waals surface area contributed by atoms with Crippen molar-refractivity contribution in [3.05, 3.63) is 0 Å². The first-order valence-electron chi connectivity index (χ1n) is 5.68. The van der Waals surface area contributed by atoms with Crippen LogP contribution in [-0.4, -0.2) is 24.2 Å². The third kappa shape index (κ3) is 2.23. The van der Waals surface area contributed by atoms with E-state index in [4.69, 9.17) is 0 Å². The lowest BCUT2D eigenvalue weighted by molar-refractivity contribution is 0.200. The molecule has 2 heteroatoms. The summed E-state index contributed by atoms with van der Waals surface area (Å²) in [6.45, 7) is 5.70. The number of rotatable bonds is 0. The van der Waals surface area contributed by atoms with E-state index in [9.17, 15) is 0 Å². The normalized spacial score (nSPS) is 39.2. The molecule has 1 heterocycles. The zero-order chi connectivity index (χ0) is 9.31. The molecule has 2 nitrogen and oxygen atoms in total. The van der Waals surface area contributed by atoms with Crippen molar-refractivity contribution in [3.8, 4) is 0 Å². The van der Waals surface area contributed by atoms with Crippen LogP contribution < -0.4 is 10.6 Å². The van der Waals surface area contributed by atoms with Gasteiger partial charge in [0.25, 0.3) is 0 Å². The summed E-state index contributed by atoms with van der Waals surface area (Å²) in [5.41, 5.74) is 0.297. The van der Waals surface area contributed by atoms with Crippen LogP contribution in [0.3, 0.4) is 0 Å². The SMILES string of the molecule is CC1(C)CN[C@@H]2CCCCC[C@H]2N1. The molecule has 2 N–H and O–H groups in total. The second-order valence-electron chi connectivity index (χ2n) is 5.26. The smallest absolute Gasteiger partial charge is 0.0252 e. The van der Waals surface area contributed by atoms with Gasteiger partial charge in [-0.2, -0.15) is 0 Å². The van der Waals surface area contributed by atoms with E-state index in [0.29, 0.717) is 5.54 Å². The van der Waals surface area contributed by atoms with Crippen LogP contribution in [0.1, 0.15) is 46.0 Å². The molecule has 1 saturated carbocycles. The fourth-order valence-electron chi connectivity index (χ4n) is 2.66. The molecule has 13 heavy (non-hydrogen) atoms. The van der Waals surface area contributed by atoms with Crippen molar-refractivity contribution in [2.45, 2.75) is 63.6 Å². The second kappa shape index (κ2) is 3.58. The number of hydrogen-bond acceptors (Lipinski definition) is 2. The summed E-state index contributed by atoms with van der Waals surface area (Å²) in [5.74, 6) is 0. The molecule has 0 unspecified atom stereocenters. The Bertz CT molecular complexity index is 177. The van der Waals surface area contributed by atoms with Crippen molar-refractivity contribution < 1.29 is 0 Å². The van der Waals surface area contributed by atoms with Gasteiger partial charge in [0.1, 0.15) is 0 Å². The summed E-state index contributed by atoms with van der Waals surface area (Å²) in [4.78, 5) is 0. The van der Waals surface area contributed by atoms with Crippen molar-refractivity contribution in [3.63, 3.8) is 0 Å². The average Bonchev–Trinajstić information content (AvgIpc) is 2.27. The van der Waals surface area contributed by atoms with Gasteiger partial charge in [-0.15, -0.1) is 0 Å². The molecule has 0 radical (unpaired) electrons. The number of nitrogens with one attached hydrogen (secondary N) is 2. The van der Waals surface area contributed by atoms with Crippen molar-refractivity contribution in [1.29, 1.82) is 0 Å². The second-order valence-corrected chi connectivity index (χ2v) is 5.26. The van der Waals surface area contributed by atoms with Crippen LogP contribution in [0.5, 0.6) is 0 Å². The predicted octanol–water partition coefficient (Wildman–Crippen LogP) is 1.66. The van der Waals surface area contributed by atoms with Gasteiger partial charge in [-0.1, -0.05) is 19.3 Å². The van der Waals surface area contributed by atoms with E-state index in [1.165, 1.54) is 32.1 Å². The molecule has 1 saturated heterocycles. The zero-order valence-corrected chi connectivity index (χ0v) is 8.90. The summed E-state index contributed by atoms with van der Waals surface area (Å²) in [7, 11) is 0. The third-order valence-electron chi connectivity index (χ3n) is 3.40. The van der Waals surface area contributed by atoms with Gasteiger partial charge >= 0.3 is 0 Å². The molecular weight excluding hydrogens is 160 g/mol. The first kappa shape index (κ1) is 9.47. The minimum absolute atomic E-state index is 0.297. The summed E-state index contributed by atoms with van der Waals surface area (Å²) >= 11 is 0. The Morgan fingerprint density at radius 2 is 1.69 bits per heavy atom. The van der Waals surface area contributed by atoms with E-state index >= 15 is 0 Å². The van der Waals surface area contributed by atoms with E-state index < -0.39 is 0 Å². The standard InChI is InChI=1S/C11H22N2/c1-11(2)8-12-9-6-4-3-5-7-10(9)13-11/h9-10,12-13H,3-8H2,1-2H3/t9-,10-/m1/s1. The molecule has 0 bridgehead atoms. The van der Waals surface area contributed by atoms with E-state index in [1.807, 2.05) is 0 Å². The molecule has 0 aromatic carbocycles. The molecule has 1 aliphatic heterocycles. The Labute approximate surface area is 81.5 Å². The Morgan fingerprint density at radius 3 is 2.46 bits per heavy atom. The maximum Gasteiger partial charge on any atom is 0.0252 e. The maximum atomic E-state index is 3.77. The molecule has 0 aromatic heterocycles. The molecule has 0 amide bonds. The number of piperazine rings is 1. The summed E-state index contributed by atoms with van der Waals surface area (Å²) in [6, 6.07) is 1.47. The van der Waals surface area contributed by atoms with Gasteiger partial charge in [0.2, 0.25) is 0 Å². The van der Waals surface area contributed by atoms with E-state index in [0.717, 1.165) is 18.6 Å². The molecule has 2 rings (SSSR count). The Kier molecular flexibility index (Phi) is 2.61. The fourth-order valence-corrected chi connectivity index (χ4v) is 2.66. The minimum atomic E-state index is 0.297. The molecule has 2 atom stereocenters. The lowest BCUT2D eigenvalue weighted by Crippen LogP contribution is -2.65. The Morgan fingerprint density at radius 1 is 1.00 bits per heavy atom. The first-order valence-corrected chi connectivity index (χ1v) is 5.68. The Hall–Kier alpha value is -0.0800. The number of fused-ring (bicyclic) bond motifs is 1. The average molecular weight is 182 g/mol. The highest BCUT2D eigenvalue weighted by molar-refractivity contribution is 4.97. The summed E-state index contributed by atoms with van der Waals surface area (Å²) in [5, 5.41) is 7.46. The van der Waals surface area contributed by atoms with Gasteiger partial charge < -0.3 is 10.6 Å². The van der Waals surface area contributed by atoms with Crippen molar-refractivity contribution in [2.24, 2.45) is 0 Å². The van der Waals surface area contributed by atoms with Crippen molar-refractivity contribution >= 4 is 0 Å². The van der Waals surface area contributed by atoms with Crippen LogP contribution in [0.4, 0.5) is 0 Å². The highest BCUT2D eigenvalue weighted by Crippen LogP contribution is 2.23. The van der Waals surface area contributed by atoms with Crippen LogP contribution >= 0.6 is 0 Å². The van der Waals surface area contributed by atoms with Crippen LogP contribution in [0, 0.1) is 0 Å². The van der Waals surface area contributed by atoms with Crippen LogP contribution in [0.2, 0.25) is 0 Å². The predicted molar refractivity (Wildman–Crippen MR) is 55.9 cm³/mol. The maximum absolute atomic E-state index is 3.77. The molecule has 2 fully saturated rings. The third-order valence-corrected chi connectivity index (χ3v) is 3.40. The van der Waals surface area contributed by atoms with E-state index in [2.05, 4.69) is 24.5 Å². The largest absolute Gasteiger partial charge is 0.311 e. The number of hydrogen-bond donors (Lipinski definition) is 2. The monoisotopic (exact) mass is 182 g/mol. The van der Waals surface area contributed by atoms with Gasteiger partial charge in [0, 0.05) is 24.2 Å². The van der Waals surface area contributed by atoms with Gasteiger partial charge in [-0.3, -0.25) is 0 Å². The molecule has 0 aromatic rings. The van der Waals surface area contributed by atoms with Gasteiger partial charge in [-0.25, -0.2) is 0 Å². The topological polar surface area (TPSA) is 24.1 Å². The van der Waals surface area contributed by atoms with Gasteiger partial charge in [0.15, 0.2) is 0 Å². The molecule has 1 aliphatic carbocycles. The summed E-state index contributed by atoms with van der Waals surface area (Å²) in [6.07, 6.45) is 6.98. The lowest BCUT2D eigenvalue weighted by Gasteiger charge is -2.42. The van der Waals surface area contributed by atoms with Crippen LogP contribution in [-0.2, 0) is 0 Å². The quantitative estimate of drug-likeness (QED) is 0.595. The fraction of sp³-hybridized carbons (Fsp3) is 1.00. The van der Waals surface area contributed by atoms with E-state index in [-0.39, 0.29) is 0 Å². The minimum Gasteiger partial charge on any atom is -0.311 e. The molecule has 2 aliphatic rings. The molecule has 0 spiro atoms. The zero-order valence-electron chi connectivity index (χ0n) is 8.90. The first-order chi connectivity index (χ1) is 6.17. The summed E-state index contributed by atoms with van der Waals surface area (Å²) < 4.78 is 0. The van der Waals surface area contributed by atoms with Crippen molar-refractivity contribution in [1.82, 2.24) is 10.6 Å². The highest BCUT2D eigenvalue weighted by Gasteiger charge is 2.33. The van der Waals surface area contributed by atoms with Crippen LogP contribution in [0.15, 0.2) is 0 Å². The highest BCUT2D eigenvalue weighted by atomic mass is 15.1. The molecular formula is C11H22N2. The van der Waals surface area contributed by atoms with Crippen molar-refractivity contribution in [2.75, 3.05) is 6.54 Å². The van der Waals surface area contributed by atoms with E-state index in [1.54, 1.807) is 0 Å². The Balaban J connectivity index is 2.00. The van der Waals surface area contributed by atoms with Gasteiger partial charge in [-0.05, 0) is 26.7 Å². The lowest BCUT2D eigenvalue weighted by atomic mass is 9.92.